The Morgan fingerprint density at radius 1 is 1.00 bits per heavy atom. The van der Waals surface area contributed by atoms with E-state index in [4.69, 9.17) is 4.98 Å². The summed E-state index contributed by atoms with van der Waals surface area (Å²) in [5, 5.41) is 17.8. The molecule has 1 N–H and O–H groups in total. The number of benzene rings is 2. The van der Waals surface area contributed by atoms with Crippen LogP contribution in [-0.4, -0.2) is 20.5 Å². The van der Waals surface area contributed by atoms with E-state index in [2.05, 4.69) is 16.5 Å². The molecule has 34 heavy (non-hydrogen) atoms. The van der Waals surface area contributed by atoms with Gasteiger partial charge in [0, 0.05) is 22.1 Å². The van der Waals surface area contributed by atoms with Crippen molar-refractivity contribution in [2.24, 2.45) is 0 Å². The van der Waals surface area contributed by atoms with Crippen LogP contribution >= 0.6 is 11.3 Å². The van der Waals surface area contributed by atoms with Crippen molar-refractivity contribution in [3.63, 3.8) is 0 Å². The van der Waals surface area contributed by atoms with E-state index in [0.717, 1.165) is 47.3 Å². The third kappa shape index (κ3) is 3.45. The molecule has 0 unspecified atom stereocenters. The first-order valence-corrected chi connectivity index (χ1v) is 11.9. The summed E-state index contributed by atoms with van der Waals surface area (Å²) in [4.78, 5) is 19.1. The molecule has 1 aliphatic rings. The lowest BCUT2D eigenvalue weighted by Crippen LogP contribution is -2.13. The molecule has 1 amide bonds. The van der Waals surface area contributed by atoms with Crippen molar-refractivity contribution in [1.29, 1.82) is 5.26 Å². The van der Waals surface area contributed by atoms with Gasteiger partial charge in [0.25, 0.3) is 5.91 Å². The Kier molecular flexibility index (Phi) is 4.93. The lowest BCUT2D eigenvalue weighted by atomic mass is 10.1. The molecule has 0 spiro atoms. The highest BCUT2D eigenvalue weighted by Crippen LogP contribution is 2.38. The number of hydrogen-bond acceptors (Lipinski definition) is 5. The highest BCUT2D eigenvalue weighted by atomic mass is 32.1. The molecule has 6 rings (SSSR count). The van der Waals surface area contributed by atoms with Crippen molar-refractivity contribution in [3.8, 4) is 28.6 Å². The molecule has 0 fully saturated rings. The molecule has 0 saturated carbocycles. The number of aryl methyl sites for hydroxylation is 1. The number of amides is 1. The predicted octanol–water partition coefficient (Wildman–Crippen LogP) is 5.74. The zero-order chi connectivity index (χ0) is 23.1. The van der Waals surface area contributed by atoms with Crippen molar-refractivity contribution in [1.82, 2.24) is 14.6 Å². The Bertz CT molecular complexity index is 1580. The number of hydrogen-bond donors (Lipinski definition) is 1. The molecule has 164 valence electrons. The van der Waals surface area contributed by atoms with Crippen LogP contribution < -0.4 is 5.32 Å². The Hall–Kier alpha value is -4.28. The average molecular weight is 462 g/mol. The Balaban J connectivity index is 1.44. The molecule has 0 radical (unpaired) electrons. The summed E-state index contributed by atoms with van der Waals surface area (Å²) in [7, 11) is 0. The minimum atomic E-state index is -0.345. The fraction of sp³-hybridized carbons (Fsp3) is 0.111. The van der Waals surface area contributed by atoms with E-state index in [0.29, 0.717) is 16.2 Å². The van der Waals surface area contributed by atoms with Crippen LogP contribution in [0.2, 0.25) is 0 Å². The topological polar surface area (TPSA) is 83.1 Å². The Morgan fingerprint density at radius 3 is 2.47 bits per heavy atom. The van der Waals surface area contributed by atoms with Gasteiger partial charge in [-0.25, -0.2) is 9.50 Å². The first-order valence-electron chi connectivity index (χ1n) is 11.1. The van der Waals surface area contributed by atoms with Crippen molar-refractivity contribution in [3.05, 3.63) is 94.5 Å². The number of nitriles is 1. The fourth-order valence-electron chi connectivity index (χ4n) is 4.43. The molecular weight excluding hydrogens is 442 g/mol. The van der Waals surface area contributed by atoms with E-state index < -0.39 is 0 Å². The van der Waals surface area contributed by atoms with Crippen molar-refractivity contribution >= 4 is 27.9 Å². The predicted molar refractivity (Wildman–Crippen MR) is 133 cm³/mol. The maximum absolute atomic E-state index is 13.2. The number of nitrogens with zero attached hydrogens (tertiary/aromatic N) is 4. The summed E-state index contributed by atoms with van der Waals surface area (Å²) < 4.78 is 1.70. The van der Waals surface area contributed by atoms with Crippen molar-refractivity contribution in [2.75, 3.05) is 5.32 Å². The molecule has 0 bridgehead atoms. The molecule has 3 aromatic heterocycles. The number of fused-ring (bicyclic) bond motifs is 2. The molecule has 1 aliphatic carbocycles. The van der Waals surface area contributed by atoms with Gasteiger partial charge in [-0.15, -0.1) is 11.3 Å². The van der Waals surface area contributed by atoms with Gasteiger partial charge in [-0.2, -0.15) is 10.4 Å². The maximum Gasteiger partial charge on any atom is 0.276 e. The third-order valence-corrected chi connectivity index (χ3v) is 7.27. The smallest absolute Gasteiger partial charge is 0.276 e. The number of thiophene rings is 1. The first kappa shape index (κ1) is 20.3. The number of nitrogens with one attached hydrogen (secondary N) is 1. The molecule has 3 heterocycles. The van der Waals surface area contributed by atoms with E-state index in [-0.39, 0.29) is 11.6 Å². The fourth-order valence-corrected chi connectivity index (χ4v) is 5.67. The summed E-state index contributed by atoms with van der Waals surface area (Å²) in [5.74, 6) is -0.345. The zero-order valence-corrected chi connectivity index (χ0v) is 19.0. The molecule has 2 aromatic carbocycles. The summed E-state index contributed by atoms with van der Waals surface area (Å²) in [6, 6.07) is 25.8. The monoisotopic (exact) mass is 461 g/mol. The normalized spacial score (nSPS) is 12.4. The molecule has 0 saturated heterocycles. The zero-order valence-electron chi connectivity index (χ0n) is 18.2. The Labute approximate surface area is 200 Å². The van der Waals surface area contributed by atoms with E-state index in [1.54, 1.807) is 10.6 Å². The van der Waals surface area contributed by atoms with Crippen LogP contribution in [0.3, 0.4) is 0 Å². The number of carbonyl (C=O) groups excluding carboxylic acids is 1. The quantitative estimate of drug-likeness (QED) is 0.370. The standard InChI is InChI=1S/C27H19N5OS/c28-16-20-19-12-7-13-24(19)34-27(20)30-26(33)22-15-25-29-21(17-8-3-1-4-9-17)14-23(32(25)31-22)18-10-5-2-6-11-18/h1-6,8-11,14-15H,7,12-13H2,(H,30,33). The van der Waals surface area contributed by atoms with Gasteiger partial charge in [0.05, 0.1) is 17.0 Å². The van der Waals surface area contributed by atoms with Crippen LogP contribution in [0, 0.1) is 11.3 Å². The summed E-state index contributed by atoms with van der Waals surface area (Å²) in [5.41, 5.74) is 6.12. The molecule has 0 atom stereocenters. The van der Waals surface area contributed by atoms with Gasteiger partial charge in [-0.3, -0.25) is 4.79 Å². The highest BCUT2D eigenvalue weighted by molar-refractivity contribution is 7.16. The maximum atomic E-state index is 13.2. The lowest BCUT2D eigenvalue weighted by molar-refractivity contribution is 0.102. The number of rotatable bonds is 4. The van der Waals surface area contributed by atoms with Crippen LogP contribution in [0.4, 0.5) is 5.00 Å². The van der Waals surface area contributed by atoms with Crippen LogP contribution in [0.1, 0.15) is 32.9 Å². The van der Waals surface area contributed by atoms with Gasteiger partial charge >= 0.3 is 0 Å². The molecule has 5 aromatic rings. The van der Waals surface area contributed by atoms with Crippen LogP contribution in [0.25, 0.3) is 28.2 Å². The molecule has 6 nitrogen and oxygen atoms in total. The van der Waals surface area contributed by atoms with Crippen molar-refractivity contribution < 1.29 is 4.79 Å². The van der Waals surface area contributed by atoms with E-state index in [9.17, 15) is 10.1 Å². The summed E-state index contributed by atoms with van der Waals surface area (Å²) >= 11 is 1.50. The lowest BCUT2D eigenvalue weighted by Gasteiger charge is -2.08. The molecule has 0 aliphatic heterocycles. The van der Waals surface area contributed by atoms with E-state index >= 15 is 0 Å². The van der Waals surface area contributed by atoms with Crippen LogP contribution in [0.15, 0.2) is 72.8 Å². The second kappa shape index (κ2) is 8.25. The minimum Gasteiger partial charge on any atom is -0.311 e. The largest absolute Gasteiger partial charge is 0.311 e. The van der Waals surface area contributed by atoms with Crippen LogP contribution in [0.5, 0.6) is 0 Å². The summed E-state index contributed by atoms with van der Waals surface area (Å²) in [6.45, 7) is 0. The highest BCUT2D eigenvalue weighted by Gasteiger charge is 2.24. The minimum absolute atomic E-state index is 0.257. The first-order chi connectivity index (χ1) is 16.7. The van der Waals surface area contributed by atoms with Gasteiger partial charge in [-0.1, -0.05) is 60.7 Å². The number of aromatic nitrogens is 3. The number of carbonyl (C=O) groups is 1. The van der Waals surface area contributed by atoms with Gasteiger partial charge < -0.3 is 5.32 Å². The second-order valence-electron chi connectivity index (χ2n) is 8.19. The molecule has 7 heteroatoms. The van der Waals surface area contributed by atoms with Gasteiger partial charge in [0.15, 0.2) is 11.3 Å². The Morgan fingerprint density at radius 2 is 1.74 bits per heavy atom. The average Bonchev–Trinajstić information content (AvgIpc) is 3.59. The second-order valence-corrected chi connectivity index (χ2v) is 9.29. The van der Waals surface area contributed by atoms with Crippen LogP contribution in [-0.2, 0) is 12.8 Å². The molecular formula is C27H19N5OS. The third-order valence-electron chi connectivity index (χ3n) is 6.06. The number of anilines is 1. The van der Waals surface area contributed by atoms with Gasteiger partial charge in [0.2, 0.25) is 0 Å². The van der Waals surface area contributed by atoms with Gasteiger partial charge in [0.1, 0.15) is 11.1 Å². The van der Waals surface area contributed by atoms with E-state index in [1.807, 2.05) is 66.7 Å². The van der Waals surface area contributed by atoms with Gasteiger partial charge in [-0.05, 0) is 30.9 Å². The SMILES string of the molecule is N#Cc1c(NC(=O)c2cc3nc(-c4ccccc4)cc(-c4ccccc4)n3n2)sc2c1CCC2. The van der Waals surface area contributed by atoms with Crippen molar-refractivity contribution in [2.45, 2.75) is 19.3 Å². The summed E-state index contributed by atoms with van der Waals surface area (Å²) in [6.07, 6.45) is 2.92. The van der Waals surface area contributed by atoms with E-state index in [1.165, 1.54) is 16.2 Å².